The Kier molecular flexibility index (Phi) is 4.54. The second-order valence-electron chi connectivity index (χ2n) is 7.51. The fraction of sp³-hybridized carbons (Fsp3) is 0.882. The van der Waals surface area contributed by atoms with Crippen molar-refractivity contribution in [2.45, 2.75) is 69.6 Å². The largest absolute Gasteiger partial charge is 0.481 e. The number of ether oxygens (including phenoxy) is 1. The predicted octanol–water partition coefficient (Wildman–Crippen LogP) is 2.23. The molecule has 1 spiro atoms. The molecule has 130 valence electrons. The summed E-state index contributed by atoms with van der Waals surface area (Å²) in [6, 6.07) is 0.363. The number of hydrogen-bond acceptors (Lipinski definition) is 3. The van der Waals surface area contributed by atoms with Crippen molar-refractivity contribution in [3.05, 3.63) is 0 Å². The second kappa shape index (κ2) is 6.30. The smallest absolute Gasteiger partial charge is 0.317 e. The zero-order valence-electron chi connectivity index (χ0n) is 14.1. The van der Waals surface area contributed by atoms with Crippen molar-refractivity contribution in [1.29, 1.82) is 0 Å². The topological polar surface area (TPSA) is 78.9 Å². The molecule has 6 heteroatoms. The molecule has 0 aliphatic heterocycles. The zero-order chi connectivity index (χ0) is 16.6. The third kappa shape index (κ3) is 2.82. The molecule has 3 fully saturated rings. The number of amides is 2. The van der Waals surface area contributed by atoms with Gasteiger partial charge in [0.25, 0.3) is 0 Å². The van der Waals surface area contributed by atoms with E-state index in [0.29, 0.717) is 18.9 Å². The van der Waals surface area contributed by atoms with E-state index in [1.807, 2.05) is 11.9 Å². The molecule has 3 aliphatic rings. The zero-order valence-corrected chi connectivity index (χ0v) is 14.1. The predicted molar refractivity (Wildman–Crippen MR) is 85.2 cm³/mol. The van der Waals surface area contributed by atoms with Gasteiger partial charge in [0.05, 0.1) is 12.0 Å². The molecule has 0 saturated heterocycles. The fourth-order valence-electron chi connectivity index (χ4n) is 4.74. The van der Waals surface area contributed by atoms with Gasteiger partial charge in [0.15, 0.2) is 0 Å². The Morgan fingerprint density at radius 2 is 1.87 bits per heavy atom. The van der Waals surface area contributed by atoms with Gasteiger partial charge in [-0.3, -0.25) is 4.79 Å². The lowest BCUT2D eigenvalue weighted by atomic mass is 9.50. The molecule has 6 nitrogen and oxygen atoms in total. The molecule has 2 amide bonds. The van der Waals surface area contributed by atoms with E-state index in [9.17, 15) is 9.59 Å². The van der Waals surface area contributed by atoms with Crippen molar-refractivity contribution in [2.24, 2.45) is 11.3 Å². The highest BCUT2D eigenvalue weighted by atomic mass is 16.5. The molecule has 0 heterocycles. The fourth-order valence-corrected chi connectivity index (χ4v) is 4.74. The molecule has 23 heavy (non-hydrogen) atoms. The van der Waals surface area contributed by atoms with Crippen LogP contribution in [0.15, 0.2) is 0 Å². The molecule has 0 aromatic rings. The van der Waals surface area contributed by atoms with E-state index >= 15 is 0 Å². The molecule has 0 radical (unpaired) electrons. The highest BCUT2D eigenvalue weighted by molar-refractivity contribution is 5.75. The maximum absolute atomic E-state index is 12.5. The summed E-state index contributed by atoms with van der Waals surface area (Å²) in [7, 11) is 3.65. The van der Waals surface area contributed by atoms with Crippen LogP contribution in [-0.4, -0.2) is 54.4 Å². The van der Waals surface area contributed by atoms with Gasteiger partial charge in [-0.2, -0.15) is 0 Å². The first-order valence-electron chi connectivity index (χ1n) is 8.77. The minimum absolute atomic E-state index is 0.0189. The van der Waals surface area contributed by atoms with Crippen molar-refractivity contribution in [2.75, 3.05) is 14.2 Å². The lowest BCUT2D eigenvalue weighted by molar-refractivity contribution is -0.182. The van der Waals surface area contributed by atoms with Gasteiger partial charge >= 0.3 is 12.0 Å². The number of methoxy groups -OCH3 is 1. The van der Waals surface area contributed by atoms with E-state index in [1.165, 1.54) is 6.42 Å². The van der Waals surface area contributed by atoms with Crippen LogP contribution in [0, 0.1) is 11.3 Å². The Balaban J connectivity index is 1.50. The molecule has 3 saturated carbocycles. The molecular weight excluding hydrogens is 296 g/mol. The monoisotopic (exact) mass is 324 g/mol. The van der Waals surface area contributed by atoms with Gasteiger partial charge in [-0.25, -0.2) is 4.79 Å². The normalized spacial score (nSPS) is 35.0. The minimum atomic E-state index is -0.709. The molecular formula is C17H28N2O4. The Morgan fingerprint density at radius 3 is 2.35 bits per heavy atom. The summed E-state index contributed by atoms with van der Waals surface area (Å²) in [4.78, 5) is 25.4. The van der Waals surface area contributed by atoms with Gasteiger partial charge in [-0.05, 0) is 44.9 Å². The van der Waals surface area contributed by atoms with E-state index in [2.05, 4.69) is 5.32 Å². The van der Waals surface area contributed by atoms with Crippen LogP contribution < -0.4 is 5.32 Å². The Bertz CT molecular complexity index is 469. The average molecular weight is 324 g/mol. The van der Waals surface area contributed by atoms with Crippen molar-refractivity contribution >= 4 is 12.0 Å². The number of nitrogens with one attached hydrogen (secondary N) is 1. The number of aliphatic carboxylic acids is 1. The van der Waals surface area contributed by atoms with Crippen molar-refractivity contribution in [3.63, 3.8) is 0 Å². The summed E-state index contributed by atoms with van der Waals surface area (Å²) in [5, 5.41) is 12.1. The Labute approximate surface area is 137 Å². The summed E-state index contributed by atoms with van der Waals surface area (Å²) in [6.07, 6.45) is 7.57. The third-order valence-corrected chi connectivity index (χ3v) is 6.50. The van der Waals surface area contributed by atoms with Crippen LogP contribution in [0.2, 0.25) is 0 Å². The number of nitrogens with zero attached hydrogens (tertiary/aromatic N) is 1. The van der Waals surface area contributed by atoms with E-state index in [-0.39, 0.29) is 29.4 Å². The second-order valence-corrected chi connectivity index (χ2v) is 7.51. The summed E-state index contributed by atoms with van der Waals surface area (Å²) in [5.41, 5.74) is 0.182. The quantitative estimate of drug-likeness (QED) is 0.831. The van der Waals surface area contributed by atoms with Crippen molar-refractivity contribution < 1.29 is 19.4 Å². The van der Waals surface area contributed by atoms with Gasteiger partial charge < -0.3 is 20.1 Å². The first-order chi connectivity index (χ1) is 11.0. The number of carboxylic acid groups (broad SMARTS) is 1. The number of hydrogen-bond donors (Lipinski definition) is 2. The third-order valence-electron chi connectivity index (χ3n) is 6.50. The van der Waals surface area contributed by atoms with E-state index < -0.39 is 5.97 Å². The highest BCUT2D eigenvalue weighted by Crippen LogP contribution is 2.58. The molecule has 2 atom stereocenters. The van der Waals surface area contributed by atoms with Crippen LogP contribution >= 0.6 is 0 Å². The lowest BCUT2D eigenvalue weighted by Crippen LogP contribution is -2.68. The standard InChI is InChI=1S/C17H28N2O4/c1-19(13-10-14(23-2)17(13)8-3-9-17)16(22)18-12-6-4-11(5-7-12)15(20)21/h11-14H,3-10H2,1-2H3,(H,18,22)(H,20,21). The summed E-state index contributed by atoms with van der Waals surface area (Å²) < 4.78 is 5.57. The maximum Gasteiger partial charge on any atom is 0.317 e. The Morgan fingerprint density at radius 1 is 1.22 bits per heavy atom. The average Bonchev–Trinajstić information content (AvgIpc) is 2.45. The summed E-state index contributed by atoms with van der Waals surface area (Å²) in [5.74, 6) is -0.952. The van der Waals surface area contributed by atoms with E-state index in [0.717, 1.165) is 32.1 Å². The molecule has 2 unspecified atom stereocenters. The number of rotatable bonds is 4. The summed E-state index contributed by atoms with van der Waals surface area (Å²) in [6.45, 7) is 0. The Hall–Kier alpha value is -1.30. The minimum Gasteiger partial charge on any atom is -0.481 e. The van der Waals surface area contributed by atoms with Gasteiger partial charge in [-0.1, -0.05) is 6.42 Å². The molecule has 3 rings (SSSR count). The van der Waals surface area contributed by atoms with E-state index in [1.54, 1.807) is 7.11 Å². The van der Waals surface area contributed by atoms with Crippen LogP contribution in [0.25, 0.3) is 0 Å². The van der Waals surface area contributed by atoms with Crippen LogP contribution in [0.1, 0.15) is 51.4 Å². The van der Waals surface area contributed by atoms with Crippen LogP contribution in [0.5, 0.6) is 0 Å². The van der Waals surface area contributed by atoms with E-state index in [4.69, 9.17) is 9.84 Å². The van der Waals surface area contributed by atoms with Crippen LogP contribution in [0.4, 0.5) is 4.79 Å². The van der Waals surface area contributed by atoms with Crippen molar-refractivity contribution in [3.8, 4) is 0 Å². The molecule has 0 aromatic heterocycles. The van der Waals surface area contributed by atoms with Gasteiger partial charge in [0.2, 0.25) is 0 Å². The van der Waals surface area contributed by atoms with Gasteiger partial charge in [-0.15, -0.1) is 0 Å². The molecule has 3 aliphatic carbocycles. The number of urea groups is 1. The number of carbonyl (C=O) groups excluding carboxylic acids is 1. The van der Waals surface area contributed by atoms with Crippen molar-refractivity contribution in [1.82, 2.24) is 10.2 Å². The van der Waals surface area contributed by atoms with Gasteiger partial charge in [0, 0.05) is 31.7 Å². The summed E-state index contributed by atoms with van der Waals surface area (Å²) >= 11 is 0. The number of carbonyl (C=O) groups is 2. The first-order valence-corrected chi connectivity index (χ1v) is 8.77. The lowest BCUT2D eigenvalue weighted by Gasteiger charge is -2.62. The molecule has 0 aromatic carbocycles. The number of carboxylic acids is 1. The SMILES string of the molecule is COC1CC(N(C)C(=O)NC2CCC(C(=O)O)CC2)C12CCC2. The maximum atomic E-state index is 12.5. The molecule has 2 N–H and O–H groups in total. The highest BCUT2D eigenvalue weighted by Gasteiger charge is 2.60. The molecule has 0 bridgehead atoms. The van der Waals surface area contributed by atoms with Crippen LogP contribution in [-0.2, 0) is 9.53 Å². The van der Waals surface area contributed by atoms with Crippen LogP contribution in [0.3, 0.4) is 0 Å². The van der Waals surface area contributed by atoms with Gasteiger partial charge in [0.1, 0.15) is 0 Å². The first kappa shape index (κ1) is 16.6.